The largest absolute Gasteiger partial charge is 0.344 e. The minimum Gasteiger partial charge on any atom is -0.344 e. The van der Waals surface area contributed by atoms with Gasteiger partial charge in [-0.1, -0.05) is 6.58 Å². The van der Waals surface area contributed by atoms with Crippen LogP contribution in [0.3, 0.4) is 0 Å². The van der Waals surface area contributed by atoms with E-state index in [1.54, 1.807) is 23.3 Å². The van der Waals surface area contributed by atoms with Gasteiger partial charge in [0.15, 0.2) is 0 Å². The van der Waals surface area contributed by atoms with Crippen LogP contribution in [0.15, 0.2) is 25.3 Å². The highest BCUT2D eigenvalue weighted by molar-refractivity contribution is 5.85. The molecule has 0 aromatic carbocycles. The van der Waals surface area contributed by atoms with Crippen LogP contribution in [0.25, 0.3) is 6.20 Å². The summed E-state index contributed by atoms with van der Waals surface area (Å²) in [5.41, 5.74) is 0. The molecule has 0 radical (unpaired) electrons. The van der Waals surface area contributed by atoms with Gasteiger partial charge in [0.2, 0.25) is 0 Å². The smallest absolute Gasteiger partial charge is 0.0986 e. The van der Waals surface area contributed by atoms with Crippen molar-refractivity contribution < 1.29 is 0 Å². The summed E-state index contributed by atoms with van der Waals surface area (Å²) in [7, 11) is 0. The SMILES string of the molecule is C=Cn1ccnc1.Cl.Cl.N. The molecule has 3 nitrogen and oxygen atoms in total. The number of hydrogen-bond donors (Lipinski definition) is 1. The Morgan fingerprint density at radius 1 is 1.40 bits per heavy atom. The van der Waals surface area contributed by atoms with Crippen molar-refractivity contribution in [2.24, 2.45) is 0 Å². The number of halogens is 2. The summed E-state index contributed by atoms with van der Waals surface area (Å²) in [6, 6.07) is 0. The molecule has 0 unspecified atom stereocenters. The lowest BCUT2D eigenvalue weighted by molar-refractivity contribution is 1.14. The number of hydrogen-bond acceptors (Lipinski definition) is 2. The van der Waals surface area contributed by atoms with Crippen molar-refractivity contribution in [1.29, 1.82) is 0 Å². The minimum absolute atomic E-state index is 0. The molecule has 1 aromatic rings. The fourth-order valence-electron chi connectivity index (χ4n) is 0.377. The minimum atomic E-state index is 0. The molecule has 3 N–H and O–H groups in total. The topological polar surface area (TPSA) is 52.8 Å². The van der Waals surface area contributed by atoms with Crippen molar-refractivity contribution in [2.75, 3.05) is 0 Å². The molecule has 0 aliphatic rings. The van der Waals surface area contributed by atoms with Gasteiger partial charge in [0.05, 0.1) is 6.33 Å². The van der Waals surface area contributed by atoms with E-state index in [1.165, 1.54) is 0 Å². The first-order valence-corrected chi connectivity index (χ1v) is 2.03. The zero-order valence-corrected chi connectivity index (χ0v) is 7.07. The van der Waals surface area contributed by atoms with Crippen LogP contribution >= 0.6 is 24.8 Å². The third kappa shape index (κ3) is 4.38. The van der Waals surface area contributed by atoms with Gasteiger partial charge in [-0.3, -0.25) is 0 Å². The Hall–Kier alpha value is -0.510. The summed E-state index contributed by atoms with van der Waals surface area (Å²) in [5.74, 6) is 0. The van der Waals surface area contributed by atoms with E-state index in [0.717, 1.165) is 0 Å². The van der Waals surface area contributed by atoms with Crippen LogP contribution in [0, 0.1) is 0 Å². The molecule has 0 saturated carbocycles. The number of rotatable bonds is 1. The highest BCUT2D eigenvalue weighted by Crippen LogP contribution is 1.81. The van der Waals surface area contributed by atoms with Crippen LogP contribution in [0.5, 0.6) is 0 Å². The van der Waals surface area contributed by atoms with Crippen LogP contribution < -0.4 is 6.15 Å². The van der Waals surface area contributed by atoms with Gasteiger partial charge in [-0.2, -0.15) is 0 Å². The molecule has 0 spiro atoms. The Bertz CT molecular complexity index is 150. The van der Waals surface area contributed by atoms with Crippen LogP contribution in [-0.2, 0) is 0 Å². The third-order valence-corrected chi connectivity index (χ3v) is 0.736. The fraction of sp³-hybridized carbons (Fsp3) is 0. The summed E-state index contributed by atoms with van der Waals surface area (Å²) in [6.45, 7) is 3.53. The monoisotopic (exact) mass is 183 g/mol. The van der Waals surface area contributed by atoms with Crippen LogP contribution in [-0.4, -0.2) is 9.55 Å². The Morgan fingerprint density at radius 3 is 2.20 bits per heavy atom. The fourth-order valence-corrected chi connectivity index (χ4v) is 0.377. The summed E-state index contributed by atoms with van der Waals surface area (Å²) < 4.78 is 1.78. The molecule has 0 atom stereocenters. The van der Waals surface area contributed by atoms with Crippen molar-refractivity contribution in [3.8, 4) is 0 Å². The maximum Gasteiger partial charge on any atom is 0.0986 e. The van der Waals surface area contributed by atoms with Crippen molar-refractivity contribution in [1.82, 2.24) is 15.7 Å². The lowest BCUT2D eigenvalue weighted by Gasteiger charge is -1.80. The Morgan fingerprint density at radius 2 is 2.00 bits per heavy atom. The first-order valence-electron chi connectivity index (χ1n) is 2.03. The molecular weight excluding hydrogens is 173 g/mol. The second-order valence-corrected chi connectivity index (χ2v) is 1.19. The molecule has 1 rings (SSSR count). The maximum absolute atomic E-state index is 3.78. The first kappa shape index (κ1) is 16.2. The Kier molecular flexibility index (Phi) is 13.8. The average Bonchev–Trinajstić information content (AvgIpc) is 2.14. The van der Waals surface area contributed by atoms with Gasteiger partial charge in [0.25, 0.3) is 0 Å². The second kappa shape index (κ2) is 8.49. The number of aromatic nitrogens is 2. The zero-order valence-electron chi connectivity index (χ0n) is 5.43. The van der Waals surface area contributed by atoms with Gasteiger partial charge < -0.3 is 10.7 Å². The second-order valence-electron chi connectivity index (χ2n) is 1.19. The van der Waals surface area contributed by atoms with E-state index in [2.05, 4.69) is 11.6 Å². The standard InChI is InChI=1S/C5H6N2.2ClH.H3N/c1-2-7-4-3-6-5-7;;;/h2-5H,1H2;2*1H;1H3. The van der Waals surface area contributed by atoms with Crippen LogP contribution in [0.2, 0.25) is 0 Å². The first-order chi connectivity index (χ1) is 3.43. The van der Waals surface area contributed by atoms with E-state index in [4.69, 9.17) is 0 Å². The molecule has 0 aliphatic heterocycles. The lowest BCUT2D eigenvalue weighted by Crippen LogP contribution is -1.73. The van der Waals surface area contributed by atoms with Crippen molar-refractivity contribution >= 4 is 31.0 Å². The molecule has 60 valence electrons. The Balaban J connectivity index is -0.000000163. The predicted molar refractivity (Wildman–Crippen MR) is 48.1 cm³/mol. The van der Waals surface area contributed by atoms with Gasteiger partial charge in [0, 0.05) is 18.6 Å². The van der Waals surface area contributed by atoms with Gasteiger partial charge in [-0.15, -0.1) is 24.8 Å². The highest BCUT2D eigenvalue weighted by Gasteiger charge is 1.73. The van der Waals surface area contributed by atoms with E-state index >= 15 is 0 Å². The molecule has 10 heavy (non-hydrogen) atoms. The Labute approximate surface area is 72.6 Å². The molecular formula is C5H11Cl2N3. The van der Waals surface area contributed by atoms with Crippen molar-refractivity contribution in [3.05, 3.63) is 25.3 Å². The maximum atomic E-state index is 3.78. The van der Waals surface area contributed by atoms with Crippen LogP contribution in [0.1, 0.15) is 0 Å². The number of imidazole rings is 1. The van der Waals surface area contributed by atoms with E-state index in [1.807, 2.05) is 6.20 Å². The third-order valence-electron chi connectivity index (χ3n) is 0.736. The summed E-state index contributed by atoms with van der Waals surface area (Å²) in [4.78, 5) is 3.78. The van der Waals surface area contributed by atoms with E-state index in [-0.39, 0.29) is 31.0 Å². The van der Waals surface area contributed by atoms with Crippen molar-refractivity contribution in [3.63, 3.8) is 0 Å². The highest BCUT2D eigenvalue weighted by atomic mass is 35.5. The van der Waals surface area contributed by atoms with E-state index in [9.17, 15) is 0 Å². The molecule has 0 saturated heterocycles. The number of nitrogens with zero attached hydrogens (tertiary/aromatic N) is 2. The predicted octanol–water partition coefficient (Wildman–Crippen LogP) is 1.99. The van der Waals surface area contributed by atoms with E-state index < -0.39 is 0 Å². The molecule has 5 heteroatoms. The zero-order chi connectivity index (χ0) is 5.11. The lowest BCUT2D eigenvalue weighted by atomic mass is 10.9. The van der Waals surface area contributed by atoms with Crippen LogP contribution in [0.4, 0.5) is 0 Å². The van der Waals surface area contributed by atoms with Gasteiger partial charge in [-0.25, -0.2) is 4.98 Å². The molecule has 0 bridgehead atoms. The molecule has 0 amide bonds. The van der Waals surface area contributed by atoms with Gasteiger partial charge >= 0.3 is 0 Å². The van der Waals surface area contributed by atoms with Crippen molar-refractivity contribution in [2.45, 2.75) is 0 Å². The summed E-state index contributed by atoms with van der Waals surface area (Å²) in [6.07, 6.45) is 6.91. The van der Waals surface area contributed by atoms with E-state index in [0.29, 0.717) is 0 Å². The quantitative estimate of drug-likeness (QED) is 0.725. The molecule has 1 heterocycles. The molecule has 1 aromatic heterocycles. The normalized spacial score (nSPS) is 6.00. The van der Waals surface area contributed by atoms with Gasteiger partial charge in [-0.05, 0) is 0 Å². The summed E-state index contributed by atoms with van der Waals surface area (Å²) >= 11 is 0. The molecule has 0 fully saturated rings. The van der Waals surface area contributed by atoms with Gasteiger partial charge in [0.1, 0.15) is 0 Å². The summed E-state index contributed by atoms with van der Waals surface area (Å²) in [5, 5.41) is 0. The molecule has 0 aliphatic carbocycles. The average molecular weight is 184 g/mol.